The monoisotopic (exact) mass is 420 g/mol. The Hall–Kier alpha value is -2.21. The van der Waals surface area contributed by atoms with Crippen molar-refractivity contribution in [1.82, 2.24) is 10.2 Å². The van der Waals surface area contributed by atoms with Gasteiger partial charge in [-0.25, -0.2) is 12.8 Å². The van der Waals surface area contributed by atoms with Gasteiger partial charge in [0.1, 0.15) is 5.82 Å². The van der Waals surface area contributed by atoms with E-state index in [2.05, 4.69) is 11.2 Å². The number of carbonyl (C=O) groups is 1. The highest BCUT2D eigenvalue weighted by atomic mass is 32.2. The fourth-order valence-electron chi connectivity index (χ4n) is 3.32. The molecule has 1 N–H and O–H groups in total. The normalized spacial score (nSPS) is 19.2. The molecular weight excluding hydrogens is 399 g/mol. The number of amides is 1. The van der Waals surface area contributed by atoms with E-state index in [1.165, 1.54) is 23.5 Å². The smallest absolute Gasteiger partial charge is 0.234 e. The molecule has 2 aromatic rings. The number of nitrogens with one attached hydrogen (secondary N) is 1. The highest BCUT2D eigenvalue weighted by Crippen LogP contribution is 2.26. The Morgan fingerprint density at radius 3 is 2.68 bits per heavy atom. The second-order valence-electron chi connectivity index (χ2n) is 6.73. The van der Waals surface area contributed by atoms with Gasteiger partial charge in [0, 0.05) is 10.9 Å². The standard InChI is InChI=1S/C20H21FN2O3S2/c1-2-10-23(17-9-12-28(25,26)14-17)13-19(24)22-20(18-4-3-11-27-18)15-5-7-16(21)8-6-15/h1,3-8,11,17,20H,9-10,12-14H2,(H,22,24). The van der Waals surface area contributed by atoms with Crippen molar-refractivity contribution in [3.05, 3.63) is 58.0 Å². The van der Waals surface area contributed by atoms with Gasteiger partial charge in [0.05, 0.1) is 30.6 Å². The number of terminal acetylenes is 1. The Balaban J connectivity index is 1.74. The molecule has 2 unspecified atom stereocenters. The van der Waals surface area contributed by atoms with E-state index in [-0.39, 0.29) is 42.4 Å². The second kappa shape index (κ2) is 8.86. The van der Waals surface area contributed by atoms with Gasteiger partial charge in [0.15, 0.2) is 9.84 Å². The number of benzene rings is 1. The second-order valence-corrected chi connectivity index (χ2v) is 9.94. The van der Waals surface area contributed by atoms with E-state index >= 15 is 0 Å². The predicted octanol–water partition coefficient (Wildman–Crippen LogP) is 2.22. The Bertz CT molecular complexity index is 950. The molecule has 0 saturated carbocycles. The van der Waals surface area contributed by atoms with Crippen LogP contribution in [0.3, 0.4) is 0 Å². The minimum Gasteiger partial charge on any atom is -0.343 e. The maximum Gasteiger partial charge on any atom is 0.234 e. The first-order valence-electron chi connectivity index (χ1n) is 8.84. The van der Waals surface area contributed by atoms with E-state index in [4.69, 9.17) is 6.42 Å². The summed E-state index contributed by atoms with van der Waals surface area (Å²) in [6, 6.07) is 9.13. The van der Waals surface area contributed by atoms with Gasteiger partial charge in [-0.05, 0) is 35.6 Å². The van der Waals surface area contributed by atoms with Gasteiger partial charge >= 0.3 is 0 Å². The lowest BCUT2D eigenvalue weighted by atomic mass is 10.1. The molecule has 2 heterocycles. The highest BCUT2D eigenvalue weighted by Gasteiger charge is 2.33. The van der Waals surface area contributed by atoms with Crippen molar-refractivity contribution in [2.45, 2.75) is 18.5 Å². The largest absolute Gasteiger partial charge is 0.343 e. The van der Waals surface area contributed by atoms with Crippen LogP contribution in [-0.4, -0.2) is 49.9 Å². The highest BCUT2D eigenvalue weighted by molar-refractivity contribution is 7.91. The van der Waals surface area contributed by atoms with Crippen LogP contribution in [0.5, 0.6) is 0 Å². The number of halogens is 1. The average Bonchev–Trinajstić information content (AvgIpc) is 3.30. The number of thiophene rings is 1. The van der Waals surface area contributed by atoms with E-state index in [0.29, 0.717) is 6.42 Å². The van der Waals surface area contributed by atoms with Gasteiger partial charge in [-0.1, -0.05) is 24.1 Å². The first kappa shape index (κ1) is 20.5. The molecule has 3 rings (SSSR count). The lowest BCUT2D eigenvalue weighted by Crippen LogP contribution is -2.44. The van der Waals surface area contributed by atoms with E-state index in [9.17, 15) is 17.6 Å². The zero-order chi connectivity index (χ0) is 20.1. The van der Waals surface area contributed by atoms with Crippen LogP contribution in [0.15, 0.2) is 41.8 Å². The third-order valence-electron chi connectivity index (χ3n) is 4.70. The van der Waals surface area contributed by atoms with Crippen LogP contribution in [0.1, 0.15) is 22.9 Å². The van der Waals surface area contributed by atoms with Crippen molar-refractivity contribution >= 4 is 27.1 Å². The van der Waals surface area contributed by atoms with E-state index < -0.39 is 15.9 Å². The number of hydrogen-bond donors (Lipinski definition) is 1. The van der Waals surface area contributed by atoms with Gasteiger partial charge in [0.2, 0.25) is 5.91 Å². The van der Waals surface area contributed by atoms with E-state index in [1.807, 2.05) is 17.5 Å². The molecule has 0 radical (unpaired) electrons. The molecule has 0 aliphatic carbocycles. The van der Waals surface area contributed by atoms with Crippen molar-refractivity contribution in [3.8, 4) is 12.3 Å². The quantitative estimate of drug-likeness (QED) is 0.698. The molecule has 8 heteroatoms. The molecule has 1 aliphatic heterocycles. The van der Waals surface area contributed by atoms with Crippen molar-refractivity contribution in [2.24, 2.45) is 0 Å². The number of hydrogen-bond acceptors (Lipinski definition) is 5. The summed E-state index contributed by atoms with van der Waals surface area (Å²) in [5.41, 5.74) is 0.768. The number of nitrogens with zero attached hydrogens (tertiary/aromatic N) is 1. The Morgan fingerprint density at radius 2 is 2.11 bits per heavy atom. The molecule has 2 atom stereocenters. The van der Waals surface area contributed by atoms with Gasteiger partial charge in [-0.15, -0.1) is 17.8 Å². The molecule has 0 bridgehead atoms. The predicted molar refractivity (Wildman–Crippen MR) is 108 cm³/mol. The van der Waals surface area contributed by atoms with Crippen LogP contribution >= 0.6 is 11.3 Å². The molecule has 1 aromatic heterocycles. The van der Waals surface area contributed by atoms with Crippen LogP contribution in [0, 0.1) is 18.2 Å². The van der Waals surface area contributed by atoms with E-state index in [1.54, 1.807) is 17.0 Å². The molecule has 1 fully saturated rings. The summed E-state index contributed by atoms with van der Waals surface area (Å²) in [5.74, 6) is 2.04. The zero-order valence-corrected chi connectivity index (χ0v) is 16.8. The minimum absolute atomic E-state index is 0.00740. The van der Waals surface area contributed by atoms with Gasteiger partial charge in [-0.2, -0.15) is 0 Å². The lowest BCUT2D eigenvalue weighted by Gasteiger charge is -2.26. The van der Waals surface area contributed by atoms with Gasteiger partial charge < -0.3 is 5.32 Å². The van der Waals surface area contributed by atoms with E-state index in [0.717, 1.165) is 10.4 Å². The summed E-state index contributed by atoms with van der Waals surface area (Å²) in [4.78, 5) is 15.4. The topological polar surface area (TPSA) is 66.5 Å². The zero-order valence-electron chi connectivity index (χ0n) is 15.2. The van der Waals surface area contributed by atoms with Crippen LogP contribution in [0.4, 0.5) is 4.39 Å². The van der Waals surface area contributed by atoms with Gasteiger partial charge in [-0.3, -0.25) is 9.69 Å². The molecular formula is C20H21FN2O3S2. The Kier molecular flexibility index (Phi) is 6.50. The summed E-state index contributed by atoms with van der Waals surface area (Å²) in [6.07, 6.45) is 5.89. The molecule has 0 spiro atoms. The molecule has 1 aliphatic rings. The third-order valence-corrected chi connectivity index (χ3v) is 7.39. The van der Waals surface area contributed by atoms with Gasteiger partial charge in [0.25, 0.3) is 0 Å². The summed E-state index contributed by atoms with van der Waals surface area (Å²) in [7, 11) is -3.08. The van der Waals surface area contributed by atoms with Crippen LogP contribution in [-0.2, 0) is 14.6 Å². The molecule has 1 amide bonds. The molecule has 1 aromatic carbocycles. The third kappa shape index (κ3) is 5.19. The van der Waals surface area contributed by atoms with Crippen LogP contribution < -0.4 is 5.32 Å². The number of carbonyl (C=O) groups excluding carboxylic acids is 1. The Morgan fingerprint density at radius 1 is 1.36 bits per heavy atom. The van der Waals surface area contributed by atoms with Crippen molar-refractivity contribution in [1.29, 1.82) is 0 Å². The minimum atomic E-state index is -3.08. The first-order valence-corrected chi connectivity index (χ1v) is 11.5. The molecule has 148 valence electrons. The first-order chi connectivity index (χ1) is 13.4. The van der Waals surface area contributed by atoms with Crippen LogP contribution in [0.2, 0.25) is 0 Å². The maximum atomic E-state index is 13.3. The number of sulfone groups is 1. The summed E-state index contributed by atoms with van der Waals surface area (Å²) >= 11 is 1.49. The van der Waals surface area contributed by atoms with Crippen molar-refractivity contribution in [3.63, 3.8) is 0 Å². The average molecular weight is 421 g/mol. The van der Waals surface area contributed by atoms with Crippen molar-refractivity contribution in [2.75, 3.05) is 24.6 Å². The molecule has 5 nitrogen and oxygen atoms in total. The number of rotatable bonds is 7. The summed E-state index contributed by atoms with van der Waals surface area (Å²) in [5, 5.41) is 4.89. The van der Waals surface area contributed by atoms with Crippen molar-refractivity contribution < 1.29 is 17.6 Å². The SMILES string of the molecule is C#CCN(CC(=O)NC(c1ccc(F)cc1)c1cccs1)C1CCS(=O)(=O)C1. The molecule has 1 saturated heterocycles. The fraction of sp³-hybridized carbons (Fsp3) is 0.350. The summed E-state index contributed by atoms with van der Waals surface area (Å²) < 4.78 is 36.8. The molecule has 28 heavy (non-hydrogen) atoms. The Labute approximate surface area is 168 Å². The lowest BCUT2D eigenvalue weighted by molar-refractivity contribution is -0.123. The maximum absolute atomic E-state index is 13.3. The summed E-state index contributed by atoms with van der Waals surface area (Å²) in [6.45, 7) is 0.210. The van der Waals surface area contributed by atoms with Crippen LogP contribution in [0.25, 0.3) is 0 Å². The fourth-order valence-corrected chi connectivity index (χ4v) is 5.88.